The highest BCUT2D eigenvalue weighted by atomic mass is 19.1. The lowest BCUT2D eigenvalue weighted by Gasteiger charge is -2.14. The molecule has 1 aliphatic rings. The predicted molar refractivity (Wildman–Crippen MR) is 40.6 cm³/mol. The topological polar surface area (TPSA) is 46.5 Å². The number of rotatable bonds is 2. The van der Waals surface area contributed by atoms with Crippen molar-refractivity contribution in [3.63, 3.8) is 0 Å². The van der Waals surface area contributed by atoms with Crippen LogP contribution in [0.2, 0.25) is 0 Å². The fraction of sp³-hybridized carbons (Fsp3) is 0.875. The van der Waals surface area contributed by atoms with Gasteiger partial charge in [0.15, 0.2) is 0 Å². The van der Waals surface area contributed by atoms with Crippen LogP contribution in [0.5, 0.6) is 0 Å². The summed E-state index contributed by atoms with van der Waals surface area (Å²) in [6, 6.07) is 0. The zero-order valence-electron chi connectivity index (χ0n) is 7.16. The first kappa shape index (κ1) is 9.45. The third-order valence-corrected chi connectivity index (χ3v) is 2.27. The van der Waals surface area contributed by atoms with Gasteiger partial charge in [0.1, 0.15) is 0 Å². The van der Waals surface area contributed by atoms with E-state index in [-0.39, 0.29) is 12.2 Å². The molecule has 1 heterocycles. The van der Waals surface area contributed by atoms with Crippen LogP contribution in [0.3, 0.4) is 0 Å². The molecule has 4 unspecified atom stereocenters. The summed E-state index contributed by atoms with van der Waals surface area (Å²) in [5.74, 6) is -1.87. The van der Waals surface area contributed by atoms with Crippen molar-refractivity contribution in [2.75, 3.05) is 0 Å². The Morgan fingerprint density at radius 3 is 2.58 bits per heavy atom. The van der Waals surface area contributed by atoms with Crippen molar-refractivity contribution in [1.82, 2.24) is 0 Å². The van der Waals surface area contributed by atoms with Crippen molar-refractivity contribution in [3.05, 3.63) is 0 Å². The largest absolute Gasteiger partial charge is 0.479 e. The van der Waals surface area contributed by atoms with Gasteiger partial charge in [-0.05, 0) is 20.3 Å². The highest BCUT2D eigenvalue weighted by molar-refractivity contribution is 5.72. The van der Waals surface area contributed by atoms with E-state index in [4.69, 9.17) is 9.84 Å². The molecule has 0 aromatic carbocycles. The summed E-state index contributed by atoms with van der Waals surface area (Å²) in [5.41, 5.74) is 0. The van der Waals surface area contributed by atoms with Gasteiger partial charge in [0.05, 0.1) is 12.2 Å². The Labute approximate surface area is 70.5 Å². The van der Waals surface area contributed by atoms with Crippen LogP contribution in [0.15, 0.2) is 0 Å². The van der Waals surface area contributed by atoms with Crippen molar-refractivity contribution >= 4 is 5.97 Å². The first-order valence-electron chi connectivity index (χ1n) is 4.04. The molecule has 0 spiro atoms. The van der Waals surface area contributed by atoms with Gasteiger partial charge in [0.2, 0.25) is 6.17 Å². The smallest absolute Gasteiger partial charge is 0.338 e. The number of aliphatic carboxylic acids is 1. The lowest BCUT2D eigenvalue weighted by molar-refractivity contribution is -0.145. The minimum Gasteiger partial charge on any atom is -0.479 e. The fourth-order valence-electron chi connectivity index (χ4n) is 1.64. The summed E-state index contributed by atoms with van der Waals surface area (Å²) >= 11 is 0. The Hall–Kier alpha value is -0.640. The third-order valence-electron chi connectivity index (χ3n) is 2.27. The molecule has 70 valence electrons. The van der Waals surface area contributed by atoms with Gasteiger partial charge < -0.3 is 9.84 Å². The van der Waals surface area contributed by atoms with Crippen LogP contribution in [-0.2, 0) is 9.53 Å². The lowest BCUT2D eigenvalue weighted by atomic mass is 9.95. The van der Waals surface area contributed by atoms with Crippen molar-refractivity contribution in [2.45, 2.75) is 38.6 Å². The van der Waals surface area contributed by atoms with E-state index >= 15 is 0 Å². The summed E-state index contributed by atoms with van der Waals surface area (Å²) in [7, 11) is 0. The van der Waals surface area contributed by atoms with Gasteiger partial charge in [-0.15, -0.1) is 0 Å². The van der Waals surface area contributed by atoms with E-state index in [1.165, 1.54) is 0 Å². The molecule has 1 N–H and O–H groups in total. The Balaban J connectivity index is 2.57. The van der Waals surface area contributed by atoms with E-state index in [9.17, 15) is 9.18 Å². The molecule has 4 atom stereocenters. The zero-order valence-corrected chi connectivity index (χ0v) is 7.16. The summed E-state index contributed by atoms with van der Waals surface area (Å²) in [6.45, 7) is 3.54. The molecular formula is C8H13FO3. The van der Waals surface area contributed by atoms with E-state index < -0.39 is 18.1 Å². The second kappa shape index (κ2) is 3.39. The molecule has 1 saturated heterocycles. The number of carbonyl (C=O) groups is 1. The highest BCUT2D eigenvalue weighted by Gasteiger charge is 2.39. The Morgan fingerprint density at radius 2 is 2.25 bits per heavy atom. The molecule has 1 aliphatic heterocycles. The molecule has 1 fully saturated rings. The van der Waals surface area contributed by atoms with Crippen LogP contribution >= 0.6 is 0 Å². The molecule has 0 aromatic rings. The van der Waals surface area contributed by atoms with Gasteiger partial charge in [-0.2, -0.15) is 0 Å². The molecule has 12 heavy (non-hydrogen) atoms. The first-order valence-corrected chi connectivity index (χ1v) is 4.04. The number of hydrogen-bond donors (Lipinski definition) is 1. The lowest BCUT2D eigenvalue weighted by Crippen LogP contribution is -2.29. The number of ether oxygens (including phenoxy) is 1. The molecule has 0 radical (unpaired) electrons. The number of alkyl halides is 1. The van der Waals surface area contributed by atoms with Crippen LogP contribution < -0.4 is 0 Å². The number of hydrogen-bond acceptors (Lipinski definition) is 2. The molecular weight excluding hydrogens is 163 g/mol. The van der Waals surface area contributed by atoms with Crippen molar-refractivity contribution in [1.29, 1.82) is 0 Å². The summed E-state index contributed by atoms with van der Waals surface area (Å²) in [4.78, 5) is 10.3. The molecule has 4 heteroatoms. The third kappa shape index (κ3) is 1.75. The molecule has 0 amide bonds. The van der Waals surface area contributed by atoms with Crippen LogP contribution in [0, 0.1) is 5.92 Å². The molecule has 0 bridgehead atoms. The Bertz CT molecular complexity index is 183. The van der Waals surface area contributed by atoms with E-state index in [0.717, 1.165) is 0 Å². The van der Waals surface area contributed by atoms with Gasteiger partial charge in [-0.1, -0.05) is 0 Å². The summed E-state index contributed by atoms with van der Waals surface area (Å²) in [5, 5.41) is 8.42. The fourth-order valence-corrected chi connectivity index (χ4v) is 1.64. The molecule has 0 saturated carbocycles. The average Bonchev–Trinajstić information content (AvgIpc) is 2.28. The normalized spacial score (nSPS) is 38.1. The summed E-state index contributed by atoms with van der Waals surface area (Å²) < 4.78 is 18.2. The van der Waals surface area contributed by atoms with E-state index in [1.807, 2.05) is 6.92 Å². The first-order chi connectivity index (χ1) is 5.52. The highest BCUT2D eigenvalue weighted by Crippen LogP contribution is 2.30. The van der Waals surface area contributed by atoms with Gasteiger partial charge >= 0.3 is 5.97 Å². The maximum Gasteiger partial charge on any atom is 0.338 e. The average molecular weight is 176 g/mol. The standard InChI is InChI=1S/C8H13FO3/c1-4-3-6(5(2)12-4)7(9)8(10)11/h4-7H,3H2,1-2H3,(H,10,11). The second-order valence-electron chi connectivity index (χ2n) is 3.29. The predicted octanol–water partition coefficient (Wildman–Crippen LogP) is 1.22. The van der Waals surface area contributed by atoms with E-state index in [1.54, 1.807) is 6.92 Å². The number of carboxylic acid groups (broad SMARTS) is 1. The summed E-state index contributed by atoms with van der Waals surface area (Å²) in [6.07, 6.45) is -1.60. The van der Waals surface area contributed by atoms with E-state index in [2.05, 4.69) is 0 Å². The molecule has 1 rings (SSSR count). The minimum atomic E-state index is -1.79. The van der Waals surface area contributed by atoms with Crippen LogP contribution in [0.25, 0.3) is 0 Å². The van der Waals surface area contributed by atoms with Crippen LogP contribution in [0.4, 0.5) is 4.39 Å². The second-order valence-corrected chi connectivity index (χ2v) is 3.29. The monoisotopic (exact) mass is 176 g/mol. The van der Waals surface area contributed by atoms with Gasteiger partial charge in [-0.3, -0.25) is 0 Å². The van der Waals surface area contributed by atoms with Crippen LogP contribution in [0.1, 0.15) is 20.3 Å². The zero-order chi connectivity index (χ0) is 9.30. The molecule has 0 aromatic heterocycles. The van der Waals surface area contributed by atoms with Crippen molar-refractivity contribution in [3.8, 4) is 0 Å². The van der Waals surface area contributed by atoms with Gasteiger partial charge in [-0.25, -0.2) is 9.18 Å². The van der Waals surface area contributed by atoms with Gasteiger partial charge in [0.25, 0.3) is 0 Å². The quantitative estimate of drug-likeness (QED) is 0.688. The maximum absolute atomic E-state index is 13.0. The van der Waals surface area contributed by atoms with E-state index in [0.29, 0.717) is 6.42 Å². The number of halogens is 1. The van der Waals surface area contributed by atoms with Crippen molar-refractivity contribution < 1.29 is 19.0 Å². The SMILES string of the molecule is CC1CC(C(F)C(=O)O)C(C)O1. The Morgan fingerprint density at radius 1 is 1.67 bits per heavy atom. The van der Waals surface area contributed by atoms with Crippen molar-refractivity contribution in [2.24, 2.45) is 5.92 Å². The van der Waals surface area contributed by atoms with Crippen LogP contribution in [-0.4, -0.2) is 29.5 Å². The molecule has 3 nitrogen and oxygen atoms in total. The Kier molecular flexibility index (Phi) is 2.67. The molecule has 0 aliphatic carbocycles. The number of carboxylic acids is 1. The van der Waals surface area contributed by atoms with Gasteiger partial charge in [0, 0.05) is 5.92 Å². The maximum atomic E-state index is 13.0. The minimum absolute atomic E-state index is 0.0254.